The van der Waals surface area contributed by atoms with Crippen LogP contribution in [0.25, 0.3) is 17.1 Å². The molecule has 0 amide bonds. The van der Waals surface area contributed by atoms with E-state index in [1.807, 2.05) is 24.5 Å². The summed E-state index contributed by atoms with van der Waals surface area (Å²) in [6.07, 6.45) is 0. The molecule has 0 atom stereocenters. The monoisotopic (exact) mass is 344 g/mol. The molecule has 8 heteroatoms. The molecular formula is C17H24N6O2. The maximum Gasteiger partial charge on any atom is 0.332 e. The Morgan fingerprint density at radius 1 is 1.16 bits per heavy atom. The van der Waals surface area contributed by atoms with E-state index >= 15 is 0 Å². The van der Waals surface area contributed by atoms with Crippen LogP contribution in [0.5, 0.6) is 0 Å². The lowest BCUT2D eigenvalue weighted by atomic mass is 10.2. The molecule has 0 unspecified atom stereocenters. The highest BCUT2D eigenvalue weighted by atomic mass is 16.2. The number of hydrogen-bond donors (Lipinski definition) is 0. The quantitative estimate of drug-likeness (QED) is 0.716. The molecule has 3 aromatic heterocycles. The summed E-state index contributed by atoms with van der Waals surface area (Å²) < 4.78 is 6.29. The molecule has 0 saturated heterocycles. The molecule has 0 aliphatic carbocycles. The third-order valence-corrected chi connectivity index (χ3v) is 4.28. The molecule has 0 aromatic carbocycles. The fourth-order valence-corrected chi connectivity index (χ4v) is 3.17. The van der Waals surface area contributed by atoms with Crippen LogP contribution in [0.2, 0.25) is 0 Å². The number of rotatable bonds is 4. The number of fused-ring (bicyclic) bond motifs is 1. The van der Waals surface area contributed by atoms with E-state index in [1.54, 1.807) is 18.7 Å². The van der Waals surface area contributed by atoms with Gasteiger partial charge in [0.1, 0.15) is 0 Å². The molecule has 0 bridgehead atoms. The molecular weight excluding hydrogens is 320 g/mol. The number of aromatic nitrogens is 6. The molecule has 3 aromatic rings. The van der Waals surface area contributed by atoms with Crippen molar-refractivity contribution in [1.29, 1.82) is 0 Å². The first-order valence-corrected chi connectivity index (χ1v) is 8.49. The van der Waals surface area contributed by atoms with Crippen LogP contribution in [-0.4, -0.2) is 28.5 Å². The van der Waals surface area contributed by atoms with Crippen LogP contribution < -0.4 is 11.2 Å². The first kappa shape index (κ1) is 17.2. The zero-order valence-corrected chi connectivity index (χ0v) is 15.6. The van der Waals surface area contributed by atoms with Crippen LogP contribution >= 0.6 is 0 Å². The van der Waals surface area contributed by atoms with E-state index in [0.29, 0.717) is 36.1 Å². The van der Waals surface area contributed by atoms with Gasteiger partial charge in [0.2, 0.25) is 5.95 Å². The van der Waals surface area contributed by atoms with Gasteiger partial charge in [0.15, 0.2) is 11.2 Å². The Morgan fingerprint density at radius 2 is 1.84 bits per heavy atom. The summed E-state index contributed by atoms with van der Waals surface area (Å²) in [5, 5.41) is 4.51. The van der Waals surface area contributed by atoms with E-state index in [9.17, 15) is 9.59 Å². The maximum absolute atomic E-state index is 12.9. The molecule has 8 nitrogen and oxygen atoms in total. The van der Waals surface area contributed by atoms with Crippen LogP contribution in [-0.2, 0) is 20.1 Å². The zero-order valence-electron chi connectivity index (χ0n) is 15.6. The van der Waals surface area contributed by atoms with Gasteiger partial charge in [-0.05, 0) is 32.8 Å². The SMILES string of the molecule is CCn1c(=O)c2c(nc(-n3nc(C)cc3C)n2CC(C)C)n(C)c1=O. The molecule has 0 saturated carbocycles. The lowest BCUT2D eigenvalue weighted by Crippen LogP contribution is -2.39. The normalized spacial score (nSPS) is 11.8. The maximum atomic E-state index is 12.9. The average Bonchev–Trinajstić information content (AvgIpc) is 3.05. The molecule has 25 heavy (non-hydrogen) atoms. The highest BCUT2D eigenvalue weighted by Gasteiger charge is 2.22. The summed E-state index contributed by atoms with van der Waals surface area (Å²) in [5.41, 5.74) is 1.98. The summed E-state index contributed by atoms with van der Waals surface area (Å²) in [5.74, 6) is 0.870. The standard InChI is InChI=1S/C17H24N6O2/c1-7-21-15(24)13-14(20(6)17(21)25)18-16(22(13)9-10(2)3)23-12(5)8-11(4)19-23/h8,10H,7,9H2,1-6H3. The van der Waals surface area contributed by atoms with Crippen molar-refractivity contribution in [2.24, 2.45) is 13.0 Å². The Hall–Kier alpha value is -2.64. The molecule has 0 N–H and O–H groups in total. The lowest BCUT2D eigenvalue weighted by Gasteiger charge is -2.12. The van der Waals surface area contributed by atoms with E-state index in [4.69, 9.17) is 0 Å². The highest BCUT2D eigenvalue weighted by Crippen LogP contribution is 2.18. The van der Waals surface area contributed by atoms with Gasteiger partial charge >= 0.3 is 5.69 Å². The summed E-state index contributed by atoms with van der Waals surface area (Å²) in [4.78, 5) is 30.0. The van der Waals surface area contributed by atoms with Gasteiger partial charge in [-0.25, -0.2) is 9.48 Å². The molecule has 0 aliphatic rings. The predicted octanol–water partition coefficient (Wildman–Crippen LogP) is 1.38. The number of aryl methyl sites for hydroxylation is 3. The third-order valence-electron chi connectivity index (χ3n) is 4.28. The predicted molar refractivity (Wildman–Crippen MR) is 96.3 cm³/mol. The van der Waals surface area contributed by atoms with Gasteiger partial charge in [-0.1, -0.05) is 13.8 Å². The lowest BCUT2D eigenvalue weighted by molar-refractivity contribution is 0.516. The number of imidazole rings is 1. The van der Waals surface area contributed by atoms with Gasteiger partial charge in [0.25, 0.3) is 5.56 Å². The fourth-order valence-electron chi connectivity index (χ4n) is 3.17. The fraction of sp³-hybridized carbons (Fsp3) is 0.529. The van der Waals surface area contributed by atoms with Gasteiger partial charge in [0, 0.05) is 25.8 Å². The minimum Gasteiger partial charge on any atom is -0.302 e. The minimum absolute atomic E-state index is 0.304. The van der Waals surface area contributed by atoms with Crippen molar-refractivity contribution in [3.8, 4) is 5.95 Å². The topological polar surface area (TPSA) is 79.6 Å². The number of nitrogens with zero attached hydrogens (tertiary/aromatic N) is 6. The molecule has 0 aliphatic heterocycles. The second-order valence-corrected chi connectivity index (χ2v) is 6.82. The van der Waals surface area contributed by atoms with Crippen molar-refractivity contribution in [3.63, 3.8) is 0 Å². The Bertz CT molecular complexity index is 1060. The Morgan fingerprint density at radius 3 is 2.36 bits per heavy atom. The molecule has 0 fully saturated rings. The van der Waals surface area contributed by atoms with Crippen LogP contribution in [0, 0.1) is 19.8 Å². The van der Waals surface area contributed by atoms with Gasteiger partial charge in [0.05, 0.1) is 5.69 Å². The highest BCUT2D eigenvalue weighted by molar-refractivity contribution is 5.72. The van der Waals surface area contributed by atoms with Crippen LogP contribution in [0.3, 0.4) is 0 Å². The second-order valence-electron chi connectivity index (χ2n) is 6.82. The Labute approximate surface area is 145 Å². The van der Waals surface area contributed by atoms with E-state index < -0.39 is 0 Å². The summed E-state index contributed by atoms with van der Waals surface area (Å²) in [6, 6.07) is 1.96. The summed E-state index contributed by atoms with van der Waals surface area (Å²) >= 11 is 0. The van der Waals surface area contributed by atoms with Crippen molar-refractivity contribution in [3.05, 3.63) is 38.3 Å². The smallest absolute Gasteiger partial charge is 0.302 e. The van der Waals surface area contributed by atoms with Crippen molar-refractivity contribution in [2.45, 2.75) is 47.7 Å². The van der Waals surface area contributed by atoms with E-state index in [-0.39, 0.29) is 11.2 Å². The van der Waals surface area contributed by atoms with Crippen molar-refractivity contribution in [2.75, 3.05) is 0 Å². The van der Waals surface area contributed by atoms with Gasteiger partial charge in [-0.2, -0.15) is 10.1 Å². The van der Waals surface area contributed by atoms with Gasteiger partial charge in [-0.15, -0.1) is 0 Å². The zero-order chi connectivity index (χ0) is 18.5. The number of hydrogen-bond acceptors (Lipinski definition) is 4. The van der Waals surface area contributed by atoms with Crippen molar-refractivity contribution >= 4 is 11.2 Å². The molecule has 134 valence electrons. The first-order chi connectivity index (χ1) is 11.8. The van der Waals surface area contributed by atoms with E-state index in [0.717, 1.165) is 11.4 Å². The third kappa shape index (κ3) is 2.61. The van der Waals surface area contributed by atoms with E-state index in [2.05, 4.69) is 23.9 Å². The van der Waals surface area contributed by atoms with Crippen LogP contribution in [0.15, 0.2) is 15.7 Å². The molecule has 0 spiro atoms. The second kappa shape index (κ2) is 6.02. The molecule has 0 radical (unpaired) electrons. The largest absolute Gasteiger partial charge is 0.332 e. The summed E-state index contributed by atoms with van der Waals surface area (Å²) in [6.45, 7) is 10.8. The van der Waals surface area contributed by atoms with Crippen molar-refractivity contribution in [1.82, 2.24) is 28.5 Å². The van der Waals surface area contributed by atoms with Crippen LogP contribution in [0.1, 0.15) is 32.2 Å². The Balaban J connectivity index is 2.48. The summed E-state index contributed by atoms with van der Waals surface area (Å²) in [7, 11) is 1.65. The molecule has 3 heterocycles. The van der Waals surface area contributed by atoms with E-state index in [1.165, 1.54) is 9.13 Å². The first-order valence-electron chi connectivity index (χ1n) is 8.49. The Kier molecular flexibility index (Phi) is 4.14. The molecule has 3 rings (SSSR count). The van der Waals surface area contributed by atoms with Crippen molar-refractivity contribution < 1.29 is 0 Å². The minimum atomic E-state index is -0.353. The average molecular weight is 344 g/mol. The van der Waals surface area contributed by atoms with Crippen LogP contribution in [0.4, 0.5) is 0 Å². The van der Waals surface area contributed by atoms with Gasteiger partial charge < -0.3 is 4.57 Å². The van der Waals surface area contributed by atoms with Gasteiger partial charge in [-0.3, -0.25) is 13.9 Å².